The minimum atomic E-state index is -2.05. The van der Waals surface area contributed by atoms with E-state index in [1.807, 2.05) is 20.8 Å². The van der Waals surface area contributed by atoms with Crippen LogP contribution in [0.2, 0.25) is 0 Å². The van der Waals surface area contributed by atoms with E-state index in [9.17, 15) is 23.2 Å². The molecule has 0 radical (unpaired) electrons. The fourth-order valence-corrected chi connectivity index (χ4v) is 3.99. The summed E-state index contributed by atoms with van der Waals surface area (Å²) in [6.07, 6.45) is -0.809. The number of alkyl halides is 1. The number of carboxylic acid groups (broad SMARTS) is 1. The third-order valence-corrected chi connectivity index (χ3v) is 6.01. The molecule has 1 unspecified atom stereocenters. The van der Waals surface area contributed by atoms with Gasteiger partial charge in [0.05, 0.1) is 6.42 Å². The Bertz CT molecular complexity index is 677. The van der Waals surface area contributed by atoms with Crippen molar-refractivity contribution in [3.63, 3.8) is 0 Å². The lowest BCUT2D eigenvalue weighted by Crippen LogP contribution is -2.54. The molecule has 5 nitrogen and oxygen atoms in total. The molecule has 2 N–H and O–H groups in total. The van der Waals surface area contributed by atoms with Crippen molar-refractivity contribution in [2.45, 2.75) is 63.7 Å². The number of nitrogens with one attached hydrogen (secondary N) is 1. The van der Waals surface area contributed by atoms with E-state index in [-0.39, 0.29) is 4.60 Å². The highest BCUT2D eigenvalue weighted by Crippen LogP contribution is 2.35. The number of rotatable bonds is 6. The van der Waals surface area contributed by atoms with Crippen LogP contribution in [0.25, 0.3) is 0 Å². The van der Waals surface area contributed by atoms with Gasteiger partial charge in [0.25, 0.3) is 0 Å². The van der Waals surface area contributed by atoms with Crippen LogP contribution < -0.4 is 4.72 Å². The molecule has 0 amide bonds. The van der Waals surface area contributed by atoms with E-state index >= 15 is 0 Å². The first-order chi connectivity index (χ1) is 11.6. The topological polar surface area (TPSA) is 85.3 Å². The summed E-state index contributed by atoms with van der Waals surface area (Å²) in [5.74, 6) is -2.21. The largest absolute Gasteiger partial charge is 0.598 e. The maximum atomic E-state index is 14.9. The predicted molar refractivity (Wildman–Crippen MR) is 102 cm³/mol. The van der Waals surface area contributed by atoms with Crippen LogP contribution in [-0.2, 0) is 27.1 Å². The van der Waals surface area contributed by atoms with Crippen LogP contribution in [0.15, 0.2) is 10.7 Å². The monoisotopic (exact) mass is 454 g/mol. The Hall–Kier alpha value is -0.770. The average molecular weight is 455 g/mol. The summed E-state index contributed by atoms with van der Waals surface area (Å²) < 4.78 is 43.4. The highest BCUT2D eigenvalue weighted by molar-refractivity contribution is 9.10. The minimum Gasteiger partial charge on any atom is -0.598 e. The SMILES string of the molecule is CC(C)(C)c1cc(F)c(C(CF)(CC(=O)O)N[S@+]([O-])C(C)(C)C)nc1Br. The van der Waals surface area contributed by atoms with Crippen LogP contribution in [0.5, 0.6) is 0 Å². The molecule has 9 heteroatoms. The second kappa shape index (κ2) is 8.08. The van der Waals surface area contributed by atoms with E-state index in [2.05, 4.69) is 25.6 Å². The molecule has 26 heavy (non-hydrogen) atoms. The summed E-state index contributed by atoms with van der Waals surface area (Å²) in [7, 11) is 0. The van der Waals surface area contributed by atoms with E-state index < -0.39 is 57.6 Å². The van der Waals surface area contributed by atoms with Crippen LogP contribution in [-0.4, -0.2) is 32.0 Å². The Kier molecular flexibility index (Phi) is 7.23. The van der Waals surface area contributed by atoms with Gasteiger partial charge >= 0.3 is 5.97 Å². The first kappa shape index (κ1) is 23.3. The van der Waals surface area contributed by atoms with Gasteiger partial charge in [-0.05, 0) is 53.7 Å². The summed E-state index contributed by atoms with van der Waals surface area (Å²) in [6.45, 7) is 9.22. The van der Waals surface area contributed by atoms with Gasteiger partial charge in [-0.15, -0.1) is 4.72 Å². The number of halogens is 3. The van der Waals surface area contributed by atoms with E-state index in [4.69, 9.17) is 0 Å². The molecule has 1 aromatic rings. The quantitative estimate of drug-likeness (QED) is 0.501. The Morgan fingerprint density at radius 1 is 1.35 bits per heavy atom. The summed E-state index contributed by atoms with van der Waals surface area (Å²) in [4.78, 5) is 15.4. The van der Waals surface area contributed by atoms with Gasteiger partial charge in [0.15, 0.2) is 0 Å². The molecule has 0 fully saturated rings. The molecule has 0 aliphatic rings. The van der Waals surface area contributed by atoms with Gasteiger partial charge < -0.3 is 9.66 Å². The van der Waals surface area contributed by atoms with Gasteiger partial charge in [0, 0.05) is 11.4 Å². The van der Waals surface area contributed by atoms with Gasteiger partial charge in [-0.3, -0.25) is 4.79 Å². The Balaban J connectivity index is 3.57. The average Bonchev–Trinajstić information content (AvgIpc) is 2.45. The fourth-order valence-electron chi connectivity index (χ4n) is 2.22. The zero-order chi connectivity index (χ0) is 20.5. The highest BCUT2D eigenvalue weighted by atomic mass is 79.9. The minimum absolute atomic E-state index is 0.285. The zero-order valence-electron chi connectivity index (χ0n) is 15.7. The van der Waals surface area contributed by atoms with Crippen molar-refractivity contribution in [1.82, 2.24) is 9.71 Å². The van der Waals surface area contributed by atoms with Crippen LogP contribution in [0.1, 0.15) is 59.2 Å². The number of carbonyl (C=O) groups is 1. The van der Waals surface area contributed by atoms with Gasteiger partial charge in [0.1, 0.15) is 33.1 Å². The summed E-state index contributed by atoms with van der Waals surface area (Å²) in [6, 6.07) is 1.21. The molecule has 0 bridgehead atoms. The standard InChI is InChI=1S/C17H25BrF2N2O3S/c1-15(2,3)10-7-11(20)13(21-14(10)18)17(9-19,8-12(23)24)22-26(25)16(4,5)6/h7,22H,8-9H2,1-6H3,(H,23,24)/t17?,26-/m1/s1. The fraction of sp³-hybridized carbons (Fsp3) is 0.647. The van der Waals surface area contributed by atoms with Crippen LogP contribution in [0.3, 0.4) is 0 Å². The molecule has 148 valence electrons. The summed E-state index contributed by atoms with van der Waals surface area (Å²) >= 11 is 1.42. The first-order valence-corrected chi connectivity index (χ1v) is 9.93. The lowest BCUT2D eigenvalue weighted by atomic mass is 9.86. The van der Waals surface area contributed by atoms with E-state index in [1.54, 1.807) is 20.8 Å². The number of hydrogen-bond acceptors (Lipinski definition) is 4. The number of aliphatic carboxylic acids is 1. The third kappa shape index (κ3) is 5.37. The van der Waals surface area contributed by atoms with Crippen molar-refractivity contribution in [3.8, 4) is 0 Å². The second-order valence-electron chi connectivity index (χ2n) is 8.18. The summed E-state index contributed by atoms with van der Waals surface area (Å²) in [5.41, 5.74) is -2.34. The molecular weight excluding hydrogens is 430 g/mol. The first-order valence-electron chi connectivity index (χ1n) is 7.98. The van der Waals surface area contributed by atoms with Crippen molar-refractivity contribution in [2.24, 2.45) is 0 Å². The molecule has 2 atom stereocenters. The van der Waals surface area contributed by atoms with Crippen LogP contribution in [0, 0.1) is 5.82 Å². The van der Waals surface area contributed by atoms with Gasteiger partial charge in [-0.1, -0.05) is 20.8 Å². The Morgan fingerprint density at radius 3 is 2.27 bits per heavy atom. The van der Waals surface area contributed by atoms with Crippen molar-refractivity contribution < 1.29 is 23.2 Å². The number of hydrogen-bond donors (Lipinski definition) is 2. The maximum absolute atomic E-state index is 14.9. The van der Waals surface area contributed by atoms with Gasteiger partial charge in [-0.25, -0.2) is 13.8 Å². The third-order valence-electron chi connectivity index (χ3n) is 3.72. The molecule has 0 aromatic carbocycles. The normalized spacial score (nSPS) is 16.2. The Morgan fingerprint density at radius 2 is 1.88 bits per heavy atom. The number of nitrogens with zero attached hydrogens (tertiary/aromatic N) is 1. The summed E-state index contributed by atoms with van der Waals surface area (Å²) in [5, 5.41) is 9.23. The van der Waals surface area contributed by atoms with E-state index in [0.29, 0.717) is 5.56 Å². The van der Waals surface area contributed by atoms with Gasteiger partial charge in [-0.2, -0.15) is 0 Å². The lowest BCUT2D eigenvalue weighted by Gasteiger charge is -2.35. The molecule has 1 rings (SSSR count). The van der Waals surface area contributed by atoms with E-state index in [0.717, 1.165) is 0 Å². The molecule has 0 saturated heterocycles. The molecular formula is C17H25BrF2N2O3S. The van der Waals surface area contributed by atoms with Gasteiger partial charge in [0.2, 0.25) is 0 Å². The molecule has 0 aliphatic carbocycles. The zero-order valence-corrected chi connectivity index (χ0v) is 18.1. The molecule has 0 spiro atoms. The molecule has 0 aliphatic heterocycles. The maximum Gasteiger partial charge on any atom is 0.305 e. The number of pyridine rings is 1. The molecule has 1 heterocycles. The van der Waals surface area contributed by atoms with Crippen LogP contribution >= 0.6 is 15.9 Å². The Labute approximate surface area is 164 Å². The van der Waals surface area contributed by atoms with Crippen molar-refractivity contribution in [2.75, 3.05) is 6.67 Å². The number of aromatic nitrogens is 1. The van der Waals surface area contributed by atoms with E-state index in [1.165, 1.54) is 6.07 Å². The molecule has 0 saturated carbocycles. The highest BCUT2D eigenvalue weighted by Gasteiger charge is 2.46. The number of carboxylic acids is 1. The second-order valence-corrected chi connectivity index (χ2v) is 10.9. The smallest absolute Gasteiger partial charge is 0.305 e. The van der Waals surface area contributed by atoms with Crippen molar-refractivity contribution in [1.29, 1.82) is 0 Å². The molecule has 1 aromatic heterocycles. The van der Waals surface area contributed by atoms with Crippen molar-refractivity contribution >= 4 is 33.3 Å². The lowest BCUT2D eigenvalue weighted by molar-refractivity contribution is -0.139. The van der Waals surface area contributed by atoms with Crippen LogP contribution in [0.4, 0.5) is 8.78 Å². The predicted octanol–water partition coefficient (Wildman–Crippen LogP) is 3.97. The van der Waals surface area contributed by atoms with Crippen molar-refractivity contribution in [3.05, 3.63) is 27.7 Å².